The Morgan fingerprint density at radius 1 is 1.35 bits per heavy atom. The zero-order valence-electron chi connectivity index (χ0n) is 11.4. The molecule has 17 heavy (non-hydrogen) atoms. The highest BCUT2D eigenvalue weighted by molar-refractivity contribution is 5.91. The molecule has 0 aromatic rings. The molecule has 0 bridgehead atoms. The molecule has 0 N–H and O–H groups in total. The highest BCUT2D eigenvalue weighted by atomic mass is 16.7. The molecule has 0 fully saturated rings. The molecule has 1 heterocycles. The fraction of sp³-hybridized carbons (Fsp3) is 0.786. The summed E-state index contributed by atoms with van der Waals surface area (Å²) in [6.07, 6.45) is 7.32. The van der Waals surface area contributed by atoms with E-state index in [1.54, 1.807) is 7.11 Å². The summed E-state index contributed by atoms with van der Waals surface area (Å²) in [5, 5.41) is 0. The van der Waals surface area contributed by atoms with Gasteiger partial charge in [-0.3, -0.25) is 0 Å². The lowest BCUT2D eigenvalue weighted by Gasteiger charge is -2.28. The van der Waals surface area contributed by atoms with Crippen LogP contribution in [0, 0.1) is 5.92 Å². The highest BCUT2D eigenvalue weighted by Crippen LogP contribution is 2.34. The van der Waals surface area contributed by atoms with Crippen LogP contribution in [-0.4, -0.2) is 18.9 Å². The molecule has 0 spiro atoms. The summed E-state index contributed by atoms with van der Waals surface area (Å²) in [5.74, 6) is -0.918. The Morgan fingerprint density at radius 2 is 2.06 bits per heavy atom. The number of unbranched alkanes of at least 4 members (excludes halogenated alkanes) is 3. The van der Waals surface area contributed by atoms with Gasteiger partial charge in [-0.2, -0.15) is 0 Å². The molecule has 1 atom stereocenters. The molecule has 0 radical (unpaired) electrons. The van der Waals surface area contributed by atoms with E-state index in [9.17, 15) is 4.79 Å². The number of carbonyl (C=O) groups excluding carboxylic acids is 1. The molecule has 0 amide bonds. The average Bonchev–Trinajstić information content (AvgIpc) is 2.63. The standard InChI is InChI=1S/C14H24O3/c1-5-6-7-8-9-12-10-14(16-4,11(2)3)17-13(12)15/h10-11H,5-9H2,1-4H3. The van der Waals surface area contributed by atoms with Gasteiger partial charge in [-0.15, -0.1) is 0 Å². The Labute approximate surface area is 104 Å². The van der Waals surface area contributed by atoms with E-state index in [2.05, 4.69) is 6.92 Å². The molecule has 98 valence electrons. The smallest absolute Gasteiger partial charge is 0.336 e. The van der Waals surface area contributed by atoms with E-state index < -0.39 is 5.79 Å². The predicted molar refractivity (Wildman–Crippen MR) is 67.5 cm³/mol. The van der Waals surface area contributed by atoms with Crippen molar-refractivity contribution >= 4 is 5.97 Å². The van der Waals surface area contributed by atoms with Gasteiger partial charge in [0, 0.05) is 18.6 Å². The number of methoxy groups -OCH3 is 1. The van der Waals surface area contributed by atoms with Crippen molar-refractivity contribution in [3.05, 3.63) is 11.6 Å². The van der Waals surface area contributed by atoms with Crippen molar-refractivity contribution in [2.45, 2.75) is 58.7 Å². The number of carbonyl (C=O) groups is 1. The van der Waals surface area contributed by atoms with Crippen LogP contribution in [0.5, 0.6) is 0 Å². The van der Waals surface area contributed by atoms with Gasteiger partial charge < -0.3 is 9.47 Å². The topological polar surface area (TPSA) is 35.5 Å². The van der Waals surface area contributed by atoms with E-state index in [0.29, 0.717) is 0 Å². The monoisotopic (exact) mass is 240 g/mol. The van der Waals surface area contributed by atoms with Gasteiger partial charge in [0.25, 0.3) is 0 Å². The molecular formula is C14H24O3. The van der Waals surface area contributed by atoms with Crippen LogP contribution >= 0.6 is 0 Å². The maximum absolute atomic E-state index is 11.7. The minimum atomic E-state index is -0.836. The quantitative estimate of drug-likeness (QED) is 0.505. The number of ether oxygens (including phenoxy) is 2. The van der Waals surface area contributed by atoms with Gasteiger partial charge in [0.15, 0.2) is 0 Å². The van der Waals surface area contributed by atoms with Crippen molar-refractivity contribution in [2.24, 2.45) is 5.92 Å². The molecule has 1 unspecified atom stereocenters. The Hall–Kier alpha value is -0.830. The van der Waals surface area contributed by atoms with Crippen LogP contribution in [0.15, 0.2) is 11.6 Å². The van der Waals surface area contributed by atoms with Gasteiger partial charge in [0.05, 0.1) is 0 Å². The third kappa shape index (κ3) is 3.32. The van der Waals surface area contributed by atoms with Crippen molar-refractivity contribution in [1.29, 1.82) is 0 Å². The number of rotatable bonds is 7. The Balaban J connectivity index is 2.59. The minimum Gasteiger partial charge on any atom is -0.426 e. The summed E-state index contributed by atoms with van der Waals surface area (Å²) < 4.78 is 10.7. The number of cyclic esters (lactones) is 1. The first kappa shape index (κ1) is 14.2. The zero-order valence-corrected chi connectivity index (χ0v) is 11.4. The summed E-state index contributed by atoms with van der Waals surface area (Å²) in [4.78, 5) is 11.7. The van der Waals surface area contributed by atoms with Crippen LogP contribution < -0.4 is 0 Å². The Kier molecular flexibility index (Phi) is 5.19. The Bertz CT molecular complexity index is 294. The predicted octanol–water partition coefficient (Wildman–Crippen LogP) is 3.44. The van der Waals surface area contributed by atoms with E-state index >= 15 is 0 Å². The summed E-state index contributed by atoms with van der Waals surface area (Å²) >= 11 is 0. The lowest BCUT2D eigenvalue weighted by atomic mass is 10.00. The van der Waals surface area contributed by atoms with Gasteiger partial charge in [0.1, 0.15) is 0 Å². The summed E-state index contributed by atoms with van der Waals surface area (Å²) in [7, 11) is 1.59. The number of esters is 1. The fourth-order valence-electron chi connectivity index (χ4n) is 2.08. The highest BCUT2D eigenvalue weighted by Gasteiger charge is 2.42. The van der Waals surface area contributed by atoms with Crippen LogP contribution in [0.2, 0.25) is 0 Å². The second kappa shape index (κ2) is 6.20. The van der Waals surface area contributed by atoms with Gasteiger partial charge in [-0.05, 0) is 18.9 Å². The number of hydrogen-bond acceptors (Lipinski definition) is 3. The van der Waals surface area contributed by atoms with Gasteiger partial charge in [-0.1, -0.05) is 40.0 Å². The molecule has 1 aliphatic heterocycles. The molecule has 1 aliphatic rings. The minimum absolute atomic E-state index is 0.129. The molecule has 1 rings (SSSR count). The van der Waals surface area contributed by atoms with Crippen molar-refractivity contribution < 1.29 is 14.3 Å². The largest absolute Gasteiger partial charge is 0.426 e. The van der Waals surface area contributed by atoms with E-state index in [4.69, 9.17) is 9.47 Å². The second-order valence-corrected chi connectivity index (χ2v) is 4.95. The summed E-state index contributed by atoms with van der Waals surface area (Å²) in [6.45, 7) is 6.17. The van der Waals surface area contributed by atoms with E-state index in [0.717, 1.165) is 18.4 Å². The number of hydrogen-bond donors (Lipinski definition) is 0. The zero-order chi connectivity index (χ0) is 12.9. The molecule has 0 aliphatic carbocycles. The molecule has 0 aromatic heterocycles. The van der Waals surface area contributed by atoms with E-state index in [1.807, 2.05) is 19.9 Å². The van der Waals surface area contributed by atoms with Crippen molar-refractivity contribution in [3.63, 3.8) is 0 Å². The summed E-state index contributed by atoms with van der Waals surface area (Å²) in [6, 6.07) is 0. The van der Waals surface area contributed by atoms with Crippen LogP contribution in [-0.2, 0) is 14.3 Å². The maximum atomic E-state index is 11.7. The normalized spacial score (nSPS) is 24.1. The van der Waals surface area contributed by atoms with Crippen molar-refractivity contribution in [2.75, 3.05) is 7.11 Å². The second-order valence-electron chi connectivity index (χ2n) is 4.95. The van der Waals surface area contributed by atoms with Crippen molar-refractivity contribution in [1.82, 2.24) is 0 Å². The molecule has 3 nitrogen and oxygen atoms in total. The third-order valence-electron chi connectivity index (χ3n) is 3.31. The lowest BCUT2D eigenvalue weighted by Crippen LogP contribution is -2.36. The summed E-state index contributed by atoms with van der Waals surface area (Å²) in [5.41, 5.74) is 0.775. The van der Waals surface area contributed by atoms with Crippen molar-refractivity contribution in [3.8, 4) is 0 Å². The molecule has 0 saturated carbocycles. The SMILES string of the molecule is CCCCCCC1=CC(OC)(C(C)C)OC1=O. The van der Waals surface area contributed by atoms with Crippen LogP contribution in [0.1, 0.15) is 52.9 Å². The average molecular weight is 240 g/mol. The molecular weight excluding hydrogens is 216 g/mol. The van der Waals surface area contributed by atoms with E-state index in [-0.39, 0.29) is 11.9 Å². The van der Waals surface area contributed by atoms with Gasteiger partial charge in [0.2, 0.25) is 5.79 Å². The van der Waals surface area contributed by atoms with E-state index in [1.165, 1.54) is 19.3 Å². The van der Waals surface area contributed by atoms with Gasteiger partial charge in [-0.25, -0.2) is 4.79 Å². The van der Waals surface area contributed by atoms with Crippen LogP contribution in [0.25, 0.3) is 0 Å². The first-order valence-electron chi connectivity index (χ1n) is 6.56. The molecule has 0 aromatic carbocycles. The lowest BCUT2D eigenvalue weighted by molar-refractivity contribution is -0.204. The third-order valence-corrected chi connectivity index (χ3v) is 3.31. The first-order valence-corrected chi connectivity index (χ1v) is 6.56. The molecule has 0 saturated heterocycles. The van der Waals surface area contributed by atoms with Crippen LogP contribution in [0.4, 0.5) is 0 Å². The van der Waals surface area contributed by atoms with Gasteiger partial charge >= 0.3 is 5.97 Å². The van der Waals surface area contributed by atoms with Crippen LogP contribution in [0.3, 0.4) is 0 Å². The first-order chi connectivity index (χ1) is 8.05. The Morgan fingerprint density at radius 3 is 2.53 bits per heavy atom. The maximum Gasteiger partial charge on any atom is 0.336 e. The molecule has 3 heteroatoms. The fourth-order valence-corrected chi connectivity index (χ4v) is 2.08.